The molecule has 2 aromatic rings. The van der Waals surface area contributed by atoms with Gasteiger partial charge in [0.05, 0.1) is 42.9 Å². The Hall–Kier alpha value is -2.89. The number of anilines is 1. The largest absolute Gasteiger partial charge is 0.465 e. The first-order chi connectivity index (χ1) is 18.6. The Morgan fingerprint density at radius 2 is 1.82 bits per heavy atom. The van der Waals surface area contributed by atoms with Gasteiger partial charge in [0.15, 0.2) is 5.79 Å². The van der Waals surface area contributed by atoms with Crippen LogP contribution >= 0.6 is 0 Å². The van der Waals surface area contributed by atoms with E-state index in [4.69, 9.17) is 14.2 Å². The Balaban J connectivity index is 2.01. The molecule has 220 valence electrons. The van der Waals surface area contributed by atoms with Crippen molar-refractivity contribution >= 4 is 28.0 Å². The lowest BCUT2D eigenvalue weighted by atomic mass is 9.97. The highest BCUT2D eigenvalue weighted by molar-refractivity contribution is 7.92. The molecule has 1 fully saturated rings. The Kier molecular flexibility index (Phi) is 10.1. The van der Waals surface area contributed by atoms with Crippen molar-refractivity contribution in [2.75, 3.05) is 24.2 Å². The second-order valence-corrected chi connectivity index (χ2v) is 13.2. The van der Waals surface area contributed by atoms with Crippen LogP contribution in [0, 0.1) is 11.7 Å². The van der Waals surface area contributed by atoms with Gasteiger partial charge >= 0.3 is 5.97 Å². The zero-order valence-electron chi connectivity index (χ0n) is 24.5. The highest BCUT2D eigenvalue weighted by atomic mass is 32.2. The summed E-state index contributed by atoms with van der Waals surface area (Å²) >= 11 is 0. The highest BCUT2D eigenvalue weighted by Crippen LogP contribution is 2.34. The van der Waals surface area contributed by atoms with Crippen molar-refractivity contribution in [2.45, 2.75) is 78.3 Å². The van der Waals surface area contributed by atoms with E-state index in [1.165, 1.54) is 19.2 Å². The van der Waals surface area contributed by atoms with Crippen LogP contribution in [-0.2, 0) is 29.0 Å². The maximum absolute atomic E-state index is 13.8. The summed E-state index contributed by atoms with van der Waals surface area (Å²) in [6, 6.07) is 5.84. The zero-order chi connectivity index (χ0) is 29.8. The molecule has 1 aromatic carbocycles. The minimum atomic E-state index is -3.63. The summed E-state index contributed by atoms with van der Waals surface area (Å²) in [4.78, 5) is 21.6. The van der Waals surface area contributed by atoms with Crippen molar-refractivity contribution in [2.24, 2.45) is 5.92 Å². The number of hydrogen-bond donors (Lipinski definition) is 0. The van der Waals surface area contributed by atoms with Crippen LogP contribution in [0.3, 0.4) is 0 Å². The third-order valence-electron chi connectivity index (χ3n) is 6.24. The van der Waals surface area contributed by atoms with Crippen LogP contribution in [0.2, 0.25) is 0 Å². The summed E-state index contributed by atoms with van der Waals surface area (Å²) in [6.07, 6.45) is 4.53. The van der Waals surface area contributed by atoms with E-state index in [0.29, 0.717) is 35.5 Å². The summed E-state index contributed by atoms with van der Waals surface area (Å²) in [5, 5.41) is 0. The molecule has 0 aliphatic carbocycles. The summed E-state index contributed by atoms with van der Waals surface area (Å²) in [5.41, 5.74) is 2.34. The van der Waals surface area contributed by atoms with Crippen molar-refractivity contribution in [3.05, 3.63) is 47.4 Å². The van der Waals surface area contributed by atoms with E-state index in [1.54, 1.807) is 26.0 Å². The molecule has 0 radical (unpaired) electrons. The van der Waals surface area contributed by atoms with Gasteiger partial charge in [-0.2, -0.15) is 0 Å². The Morgan fingerprint density at radius 1 is 1.18 bits per heavy atom. The number of halogens is 1. The lowest BCUT2D eigenvalue weighted by Gasteiger charge is -2.39. The maximum Gasteiger partial charge on any atom is 0.308 e. The molecule has 11 heteroatoms. The van der Waals surface area contributed by atoms with Crippen LogP contribution in [0.15, 0.2) is 30.3 Å². The lowest BCUT2D eigenvalue weighted by Crippen LogP contribution is -2.44. The summed E-state index contributed by atoms with van der Waals surface area (Å²) in [6.45, 7) is 11.8. The van der Waals surface area contributed by atoms with Gasteiger partial charge in [-0.3, -0.25) is 4.79 Å². The monoisotopic (exact) mass is 577 g/mol. The van der Waals surface area contributed by atoms with Crippen molar-refractivity contribution in [3.8, 4) is 11.3 Å². The SMILES string of the molecule is CC(C)COC(=O)C[C@H]1C[C@@H](/C=C/c2c(-c3ccc(F)cc3)nc(N(C)S(C)(=O)=O)nc2C(C)C)OC(C)(C)O1. The fourth-order valence-corrected chi connectivity index (χ4v) is 4.67. The highest BCUT2D eigenvalue weighted by Gasteiger charge is 2.36. The first-order valence-corrected chi connectivity index (χ1v) is 15.2. The molecule has 2 atom stereocenters. The molecule has 0 spiro atoms. The van der Waals surface area contributed by atoms with Gasteiger partial charge in [-0.25, -0.2) is 27.1 Å². The van der Waals surface area contributed by atoms with Crippen molar-refractivity contribution in [1.82, 2.24) is 9.97 Å². The Bertz CT molecular complexity index is 1330. The van der Waals surface area contributed by atoms with E-state index in [0.717, 1.165) is 10.6 Å². The van der Waals surface area contributed by atoms with Gasteiger partial charge in [-0.1, -0.05) is 39.8 Å². The quantitative estimate of drug-likeness (QED) is 0.350. The van der Waals surface area contributed by atoms with Gasteiger partial charge < -0.3 is 14.2 Å². The molecule has 2 heterocycles. The van der Waals surface area contributed by atoms with Crippen LogP contribution in [0.1, 0.15) is 71.6 Å². The number of nitrogens with zero attached hydrogens (tertiary/aromatic N) is 3. The van der Waals surface area contributed by atoms with Gasteiger partial charge in [0.25, 0.3) is 0 Å². The van der Waals surface area contributed by atoms with Crippen LogP contribution in [0.25, 0.3) is 17.3 Å². The average molecular weight is 578 g/mol. The van der Waals surface area contributed by atoms with E-state index in [1.807, 2.05) is 39.8 Å². The molecule has 1 saturated heterocycles. The maximum atomic E-state index is 13.8. The average Bonchev–Trinajstić information content (AvgIpc) is 2.84. The fourth-order valence-electron chi connectivity index (χ4n) is 4.30. The van der Waals surface area contributed by atoms with Crippen molar-refractivity contribution in [1.29, 1.82) is 0 Å². The van der Waals surface area contributed by atoms with Gasteiger partial charge in [0, 0.05) is 24.6 Å². The van der Waals surface area contributed by atoms with Crippen LogP contribution in [0.5, 0.6) is 0 Å². The Labute approximate surface area is 236 Å². The van der Waals surface area contributed by atoms with Crippen LogP contribution in [0.4, 0.5) is 10.3 Å². The topological polar surface area (TPSA) is 108 Å². The summed E-state index contributed by atoms with van der Waals surface area (Å²) in [7, 11) is -2.23. The van der Waals surface area contributed by atoms with Gasteiger partial charge in [0.2, 0.25) is 16.0 Å². The zero-order valence-corrected chi connectivity index (χ0v) is 25.3. The Morgan fingerprint density at radius 3 is 2.40 bits per heavy atom. The number of esters is 1. The predicted molar refractivity (Wildman–Crippen MR) is 153 cm³/mol. The number of hydrogen-bond acceptors (Lipinski definition) is 8. The molecule has 0 N–H and O–H groups in total. The molecule has 0 unspecified atom stereocenters. The van der Waals surface area contributed by atoms with Gasteiger partial charge in [-0.05, 0) is 49.9 Å². The molecule has 40 heavy (non-hydrogen) atoms. The number of carbonyl (C=O) groups excluding carboxylic acids is 1. The molecule has 1 aromatic heterocycles. The van der Waals surface area contributed by atoms with E-state index >= 15 is 0 Å². The van der Waals surface area contributed by atoms with Crippen molar-refractivity contribution in [3.63, 3.8) is 0 Å². The molecular formula is C29H40FN3O6S. The molecule has 0 bridgehead atoms. The first-order valence-electron chi connectivity index (χ1n) is 13.4. The summed E-state index contributed by atoms with van der Waals surface area (Å²) < 4.78 is 56.8. The number of aromatic nitrogens is 2. The smallest absolute Gasteiger partial charge is 0.308 e. The van der Waals surface area contributed by atoms with E-state index in [2.05, 4.69) is 9.97 Å². The standard InChI is InChI=1S/C29H40FN3O6S/c1-18(2)17-37-25(34)16-23-15-22(38-29(5,6)39-23)13-14-24-26(19(3)4)31-28(33(7)40(8,35)36)32-27(24)20-9-11-21(30)12-10-20/h9-14,18-19,22-23H,15-17H2,1-8H3/b14-13+/t22-,23-/m1/s1. The van der Waals surface area contributed by atoms with Crippen LogP contribution < -0.4 is 4.31 Å². The van der Waals surface area contributed by atoms with E-state index in [9.17, 15) is 17.6 Å². The minimum Gasteiger partial charge on any atom is -0.465 e. The normalized spacial score (nSPS) is 19.4. The number of benzene rings is 1. The molecule has 9 nitrogen and oxygen atoms in total. The molecule has 1 aliphatic heterocycles. The second kappa shape index (κ2) is 12.7. The van der Waals surface area contributed by atoms with Crippen molar-refractivity contribution < 1.29 is 31.8 Å². The number of carbonyl (C=O) groups is 1. The summed E-state index contributed by atoms with van der Waals surface area (Å²) in [5.74, 6) is -1.49. The first kappa shape index (κ1) is 31.6. The van der Waals surface area contributed by atoms with Gasteiger partial charge in [0.1, 0.15) is 5.82 Å². The van der Waals surface area contributed by atoms with E-state index in [-0.39, 0.29) is 30.2 Å². The molecule has 0 amide bonds. The third kappa shape index (κ3) is 8.55. The molecule has 1 aliphatic rings. The second-order valence-electron chi connectivity index (χ2n) is 11.2. The lowest BCUT2D eigenvalue weighted by molar-refractivity contribution is -0.290. The predicted octanol–water partition coefficient (Wildman–Crippen LogP) is 5.31. The minimum absolute atomic E-state index is 0.0195. The number of rotatable bonds is 10. The van der Waals surface area contributed by atoms with Gasteiger partial charge in [-0.15, -0.1) is 0 Å². The van der Waals surface area contributed by atoms with Crippen LogP contribution in [-0.4, -0.2) is 62.3 Å². The number of ether oxygens (including phenoxy) is 3. The third-order valence-corrected chi connectivity index (χ3v) is 7.40. The molecule has 3 rings (SSSR count). The van der Waals surface area contributed by atoms with E-state index < -0.39 is 33.8 Å². The fraction of sp³-hybridized carbons (Fsp3) is 0.552. The number of sulfonamides is 1. The molecular weight excluding hydrogens is 537 g/mol. The molecule has 0 saturated carbocycles.